The maximum Gasteiger partial charge on any atom is 0.349 e. The molecule has 2 N–H and O–H groups in total. The fourth-order valence-electron chi connectivity index (χ4n) is 4.14. The summed E-state index contributed by atoms with van der Waals surface area (Å²) in [5.74, 6) is -1.53. The Bertz CT molecular complexity index is 1230. The molecule has 0 saturated heterocycles. The van der Waals surface area contributed by atoms with Gasteiger partial charge >= 0.3 is 11.7 Å². The van der Waals surface area contributed by atoms with E-state index in [-0.39, 0.29) is 23.9 Å². The zero-order valence-corrected chi connectivity index (χ0v) is 17.3. The van der Waals surface area contributed by atoms with Gasteiger partial charge in [0.1, 0.15) is 17.3 Å². The Morgan fingerprint density at radius 1 is 1.29 bits per heavy atom. The average molecular weight is 422 g/mol. The zero-order chi connectivity index (χ0) is 22.3. The van der Waals surface area contributed by atoms with Crippen molar-refractivity contribution in [3.63, 3.8) is 0 Å². The van der Waals surface area contributed by atoms with Crippen LogP contribution in [0.4, 0.5) is 0 Å². The van der Waals surface area contributed by atoms with Crippen LogP contribution < -0.4 is 10.4 Å². The molecule has 0 saturated carbocycles. The number of nitrogens with one attached hydrogen (secondary N) is 2. The second-order valence-electron chi connectivity index (χ2n) is 7.40. The van der Waals surface area contributed by atoms with Crippen molar-refractivity contribution < 1.29 is 19.1 Å². The number of pyridine rings is 1. The molecule has 160 valence electrons. The van der Waals surface area contributed by atoms with Gasteiger partial charge in [-0.25, -0.2) is 9.59 Å². The summed E-state index contributed by atoms with van der Waals surface area (Å²) in [4.78, 5) is 45.3. The van der Waals surface area contributed by atoms with Crippen LogP contribution in [0, 0.1) is 5.41 Å². The number of carbonyl (C=O) groups excluding carboxylic acids is 2. The van der Waals surface area contributed by atoms with E-state index in [1.807, 2.05) is 0 Å². The molecule has 1 aliphatic heterocycles. The number of nitrogens with zero attached hydrogens (tertiary/aromatic N) is 2. The number of Topliss-reactive ketones (excluding diaryl/α,β-unsaturated/α-hetero) is 1. The van der Waals surface area contributed by atoms with Gasteiger partial charge in [-0.2, -0.15) is 0 Å². The zero-order valence-electron chi connectivity index (χ0n) is 17.3. The molecule has 4 rings (SSSR count). The first kappa shape index (κ1) is 20.5. The monoisotopic (exact) mass is 422 g/mol. The molecule has 0 aliphatic carbocycles. The molecule has 1 aliphatic rings. The molecular formula is C22H22N4O5. The Kier molecular flexibility index (Phi) is 5.18. The van der Waals surface area contributed by atoms with Crippen LogP contribution in [0.15, 0.2) is 41.3 Å². The summed E-state index contributed by atoms with van der Waals surface area (Å²) in [5, 5.41) is 8.10. The summed E-state index contributed by atoms with van der Waals surface area (Å²) in [6, 6.07) is 7.66. The van der Waals surface area contributed by atoms with Crippen molar-refractivity contribution in [2.24, 2.45) is 0 Å². The highest BCUT2D eigenvalue weighted by Gasteiger charge is 2.43. The number of imidazole rings is 1. The van der Waals surface area contributed by atoms with E-state index in [9.17, 15) is 14.4 Å². The first-order chi connectivity index (χ1) is 14.8. The third-order valence-corrected chi connectivity index (χ3v) is 5.33. The Balaban J connectivity index is 2.03. The first-order valence-corrected chi connectivity index (χ1v) is 9.92. The van der Waals surface area contributed by atoms with Crippen molar-refractivity contribution in [2.75, 3.05) is 6.61 Å². The number of aromatic nitrogens is 3. The fraction of sp³-hybridized carbons (Fsp3) is 0.318. The minimum Gasteiger partial charge on any atom is -0.473 e. The highest BCUT2D eigenvalue weighted by molar-refractivity contribution is 6.08. The van der Waals surface area contributed by atoms with Crippen LogP contribution in [-0.2, 0) is 14.3 Å². The number of hydrogen-bond donors (Lipinski definition) is 2. The second kappa shape index (κ2) is 7.82. The fourth-order valence-corrected chi connectivity index (χ4v) is 4.14. The number of carbonyl (C=O) groups is 2. The van der Waals surface area contributed by atoms with E-state index in [2.05, 4.69) is 9.97 Å². The second-order valence-corrected chi connectivity index (χ2v) is 7.40. The van der Waals surface area contributed by atoms with E-state index in [0.29, 0.717) is 22.3 Å². The molecule has 3 heterocycles. The molecule has 3 atom stereocenters. The van der Waals surface area contributed by atoms with Gasteiger partial charge in [-0.3, -0.25) is 14.3 Å². The summed E-state index contributed by atoms with van der Waals surface area (Å²) in [6.07, 6.45) is 0.376. The molecule has 1 aromatic carbocycles. The smallest absolute Gasteiger partial charge is 0.349 e. The van der Waals surface area contributed by atoms with Crippen molar-refractivity contribution in [3.8, 4) is 5.75 Å². The van der Waals surface area contributed by atoms with Gasteiger partial charge in [0.15, 0.2) is 5.75 Å². The molecule has 31 heavy (non-hydrogen) atoms. The van der Waals surface area contributed by atoms with E-state index in [1.54, 1.807) is 43.5 Å². The lowest BCUT2D eigenvalue weighted by Gasteiger charge is -2.33. The normalized spacial score (nSPS) is 18.3. The van der Waals surface area contributed by atoms with Crippen LogP contribution in [0.25, 0.3) is 11.0 Å². The van der Waals surface area contributed by atoms with E-state index in [0.717, 1.165) is 0 Å². The van der Waals surface area contributed by atoms with Gasteiger partial charge in [0.2, 0.25) is 6.10 Å². The number of benzene rings is 1. The van der Waals surface area contributed by atoms with Crippen molar-refractivity contribution in [1.82, 2.24) is 14.5 Å². The molecule has 0 fully saturated rings. The van der Waals surface area contributed by atoms with E-state index >= 15 is 0 Å². The molecule has 3 aromatic rings. The van der Waals surface area contributed by atoms with Gasteiger partial charge in [-0.1, -0.05) is 12.1 Å². The summed E-state index contributed by atoms with van der Waals surface area (Å²) < 4.78 is 12.8. The highest BCUT2D eigenvalue weighted by Crippen LogP contribution is 2.42. The standard InChI is InChI=1S/C22H22N4O5/c1-4-30-21(28)20-17(14-7-5-6-10-24-14)26-18-15(25-22(26)29)9-8-13(19(18)31-20)16(11(2)23)12(3)27/h5-10,16-17,20,23H,4H2,1-3H3,(H,25,29). The Hall–Kier alpha value is -3.75. The van der Waals surface area contributed by atoms with E-state index in [4.69, 9.17) is 14.9 Å². The Labute approximate surface area is 177 Å². The van der Waals surface area contributed by atoms with E-state index < -0.39 is 29.7 Å². The lowest BCUT2D eigenvalue weighted by molar-refractivity contribution is -0.153. The molecule has 0 radical (unpaired) electrons. The number of ketones is 1. The number of aromatic amines is 1. The van der Waals surface area contributed by atoms with Crippen LogP contribution in [-0.4, -0.2) is 44.7 Å². The molecule has 0 bridgehead atoms. The van der Waals surface area contributed by atoms with Gasteiger partial charge in [-0.05, 0) is 39.0 Å². The quantitative estimate of drug-likeness (QED) is 0.464. The SMILES string of the molecule is CCOC(=O)C1Oc2c(C(C(C)=N)C(C)=O)ccc3[nH]c(=O)n(c23)C1c1ccccn1. The van der Waals surface area contributed by atoms with Crippen LogP contribution in [0.2, 0.25) is 0 Å². The van der Waals surface area contributed by atoms with Gasteiger partial charge in [0, 0.05) is 17.5 Å². The maximum absolute atomic E-state index is 13.0. The van der Waals surface area contributed by atoms with Crippen molar-refractivity contribution in [1.29, 1.82) is 5.41 Å². The van der Waals surface area contributed by atoms with Crippen molar-refractivity contribution in [3.05, 3.63) is 58.3 Å². The topological polar surface area (TPSA) is 127 Å². The highest BCUT2D eigenvalue weighted by atomic mass is 16.6. The molecule has 3 unspecified atom stereocenters. The minimum atomic E-state index is -1.20. The summed E-state index contributed by atoms with van der Waals surface area (Å²) in [6.45, 7) is 4.75. The molecule has 0 spiro atoms. The predicted molar refractivity (Wildman–Crippen MR) is 113 cm³/mol. The third-order valence-electron chi connectivity index (χ3n) is 5.33. The number of H-pyrrole nitrogens is 1. The third kappa shape index (κ3) is 3.31. The number of rotatable bonds is 6. The van der Waals surface area contributed by atoms with Gasteiger partial charge in [-0.15, -0.1) is 0 Å². The number of ether oxygens (including phenoxy) is 2. The summed E-state index contributed by atoms with van der Waals surface area (Å²) in [7, 11) is 0. The molecule has 9 heteroatoms. The average Bonchev–Trinajstić information content (AvgIpc) is 3.07. The maximum atomic E-state index is 13.0. The molecular weight excluding hydrogens is 400 g/mol. The van der Waals surface area contributed by atoms with Gasteiger partial charge in [0.05, 0.1) is 23.7 Å². The van der Waals surface area contributed by atoms with Gasteiger partial charge in [0.25, 0.3) is 0 Å². The van der Waals surface area contributed by atoms with Crippen LogP contribution in [0.5, 0.6) is 5.75 Å². The van der Waals surface area contributed by atoms with Gasteiger partial charge < -0.3 is 19.9 Å². The Morgan fingerprint density at radius 3 is 2.68 bits per heavy atom. The predicted octanol–water partition coefficient (Wildman–Crippen LogP) is 2.35. The molecule has 2 aromatic heterocycles. The van der Waals surface area contributed by atoms with E-state index in [1.165, 1.54) is 18.4 Å². The van der Waals surface area contributed by atoms with Crippen LogP contribution in [0.3, 0.4) is 0 Å². The largest absolute Gasteiger partial charge is 0.473 e. The summed E-state index contributed by atoms with van der Waals surface area (Å²) in [5.41, 5.74) is 1.51. The molecule has 9 nitrogen and oxygen atoms in total. The van der Waals surface area contributed by atoms with Crippen molar-refractivity contribution in [2.45, 2.75) is 38.8 Å². The minimum absolute atomic E-state index is 0.134. The lowest BCUT2D eigenvalue weighted by atomic mass is 9.89. The van der Waals surface area contributed by atoms with Crippen LogP contribution >= 0.6 is 0 Å². The summed E-state index contributed by atoms with van der Waals surface area (Å²) >= 11 is 0. The molecule has 0 amide bonds. The first-order valence-electron chi connectivity index (χ1n) is 9.92. The van der Waals surface area contributed by atoms with Crippen molar-refractivity contribution >= 4 is 28.5 Å². The number of hydrogen-bond acceptors (Lipinski definition) is 7. The Morgan fingerprint density at radius 2 is 2.06 bits per heavy atom. The van der Waals surface area contributed by atoms with Crippen LogP contribution in [0.1, 0.15) is 44.0 Å². The number of esters is 1. The lowest BCUT2D eigenvalue weighted by Crippen LogP contribution is -2.44.